The summed E-state index contributed by atoms with van der Waals surface area (Å²) in [6.07, 6.45) is 1.08. The summed E-state index contributed by atoms with van der Waals surface area (Å²) in [4.78, 5) is 17.6. The third-order valence-corrected chi connectivity index (χ3v) is 3.77. The van der Waals surface area contributed by atoms with Crippen molar-refractivity contribution in [1.82, 2.24) is 9.88 Å². The molecule has 0 spiro atoms. The van der Waals surface area contributed by atoms with Crippen LogP contribution in [0.3, 0.4) is 0 Å². The van der Waals surface area contributed by atoms with Gasteiger partial charge in [-0.3, -0.25) is 4.79 Å². The van der Waals surface area contributed by atoms with Crippen LogP contribution in [0.25, 0.3) is 10.9 Å². The molecule has 0 radical (unpaired) electrons. The van der Waals surface area contributed by atoms with E-state index in [2.05, 4.69) is 18.8 Å². The van der Waals surface area contributed by atoms with Crippen molar-refractivity contribution in [2.24, 2.45) is 5.92 Å². The molecule has 0 fully saturated rings. The topological polar surface area (TPSA) is 62.1 Å². The predicted octanol–water partition coefficient (Wildman–Crippen LogP) is 3.26. The molecule has 1 atom stereocenters. The molecule has 4 nitrogen and oxygen atoms in total. The molecule has 0 aliphatic heterocycles. The van der Waals surface area contributed by atoms with Crippen molar-refractivity contribution in [3.05, 3.63) is 30.0 Å². The number of benzene rings is 1. The summed E-state index contributed by atoms with van der Waals surface area (Å²) in [6, 6.07) is 7.51. The van der Waals surface area contributed by atoms with Crippen LogP contribution in [0.4, 0.5) is 5.69 Å². The minimum absolute atomic E-state index is 0.0579. The van der Waals surface area contributed by atoms with Crippen LogP contribution in [-0.2, 0) is 0 Å². The van der Waals surface area contributed by atoms with Gasteiger partial charge in [0.15, 0.2) is 0 Å². The molecule has 0 aliphatic rings. The average Bonchev–Trinajstić information content (AvgIpc) is 2.86. The van der Waals surface area contributed by atoms with Gasteiger partial charge in [0.25, 0.3) is 5.91 Å². The molecule has 0 saturated heterocycles. The van der Waals surface area contributed by atoms with Gasteiger partial charge in [0, 0.05) is 29.7 Å². The van der Waals surface area contributed by atoms with Gasteiger partial charge in [-0.05, 0) is 37.1 Å². The highest BCUT2D eigenvalue weighted by Gasteiger charge is 2.18. The molecule has 20 heavy (non-hydrogen) atoms. The Morgan fingerprint density at radius 2 is 2.10 bits per heavy atom. The Morgan fingerprint density at radius 1 is 1.35 bits per heavy atom. The van der Waals surface area contributed by atoms with E-state index in [9.17, 15) is 4.79 Å². The molecule has 0 bridgehead atoms. The number of nitrogen functional groups attached to an aromatic ring is 1. The monoisotopic (exact) mass is 273 g/mol. The normalized spacial score (nSPS) is 12.6. The molecule has 2 aromatic rings. The molecular formula is C16H23N3O. The highest BCUT2D eigenvalue weighted by atomic mass is 16.2. The van der Waals surface area contributed by atoms with Crippen LogP contribution in [0.15, 0.2) is 24.3 Å². The fourth-order valence-electron chi connectivity index (χ4n) is 2.30. The van der Waals surface area contributed by atoms with E-state index in [0.29, 0.717) is 17.3 Å². The summed E-state index contributed by atoms with van der Waals surface area (Å²) < 4.78 is 0. The van der Waals surface area contributed by atoms with Crippen LogP contribution in [0.5, 0.6) is 0 Å². The van der Waals surface area contributed by atoms with Gasteiger partial charge in [0.2, 0.25) is 0 Å². The maximum absolute atomic E-state index is 12.5. The van der Waals surface area contributed by atoms with E-state index in [1.165, 1.54) is 0 Å². The van der Waals surface area contributed by atoms with Gasteiger partial charge >= 0.3 is 0 Å². The van der Waals surface area contributed by atoms with Crippen LogP contribution >= 0.6 is 0 Å². The molecule has 1 amide bonds. The third-order valence-electron chi connectivity index (χ3n) is 3.77. The number of amides is 1. The van der Waals surface area contributed by atoms with E-state index in [1.807, 2.05) is 36.1 Å². The van der Waals surface area contributed by atoms with Crippen molar-refractivity contribution in [3.8, 4) is 0 Å². The second kappa shape index (κ2) is 5.99. The van der Waals surface area contributed by atoms with Gasteiger partial charge in [-0.1, -0.05) is 20.3 Å². The number of carbonyl (C=O) groups is 1. The van der Waals surface area contributed by atoms with E-state index in [4.69, 9.17) is 5.73 Å². The smallest absolute Gasteiger partial charge is 0.270 e. The number of hydrogen-bond acceptors (Lipinski definition) is 2. The second-order valence-corrected chi connectivity index (χ2v) is 5.39. The molecule has 1 unspecified atom stereocenters. The van der Waals surface area contributed by atoms with Crippen LogP contribution in [-0.4, -0.2) is 28.9 Å². The largest absolute Gasteiger partial charge is 0.399 e. The van der Waals surface area contributed by atoms with Crippen molar-refractivity contribution in [1.29, 1.82) is 0 Å². The zero-order chi connectivity index (χ0) is 14.7. The summed E-state index contributed by atoms with van der Waals surface area (Å²) in [6.45, 7) is 7.85. The van der Waals surface area contributed by atoms with Gasteiger partial charge in [-0.2, -0.15) is 0 Å². The fourth-order valence-corrected chi connectivity index (χ4v) is 2.30. The van der Waals surface area contributed by atoms with Crippen molar-refractivity contribution >= 4 is 22.5 Å². The molecule has 3 N–H and O–H groups in total. The van der Waals surface area contributed by atoms with Crippen molar-refractivity contribution in [3.63, 3.8) is 0 Å². The first-order chi connectivity index (χ1) is 9.55. The van der Waals surface area contributed by atoms with E-state index < -0.39 is 0 Å². The quantitative estimate of drug-likeness (QED) is 0.821. The predicted molar refractivity (Wildman–Crippen MR) is 83.7 cm³/mol. The van der Waals surface area contributed by atoms with E-state index in [-0.39, 0.29) is 5.91 Å². The number of anilines is 1. The maximum Gasteiger partial charge on any atom is 0.270 e. The van der Waals surface area contributed by atoms with Crippen LogP contribution in [0.1, 0.15) is 37.7 Å². The molecular weight excluding hydrogens is 250 g/mol. The van der Waals surface area contributed by atoms with Crippen LogP contribution in [0, 0.1) is 5.92 Å². The average molecular weight is 273 g/mol. The zero-order valence-corrected chi connectivity index (χ0v) is 12.4. The summed E-state index contributed by atoms with van der Waals surface area (Å²) >= 11 is 0. The molecule has 0 aliphatic carbocycles. The number of H-pyrrole nitrogens is 1. The first kappa shape index (κ1) is 14.4. The fraction of sp³-hybridized carbons (Fsp3) is 0.438. The summed E-state index contributed by atoms with van der Waals surface area (Å²) in [7, 11) is 0. The lowest BCUT2D eigenvalue weighted by atomic mass is 10.1. The molecule has 1 aromatic heterocycles. The molecule has 108 valence electrons. The van der Waals surface area contributed by atoms with E-state index >= 15 is 0 Å². The summed E-state index contributed by atoms with van der Waals surface area (Å²) in [5.41, 5.74) is 8.06. The Hall–Kier alpha value is -1.97. The lowest BCUT2D eigenvalue weighted by Crippen LogP contribution is -2.34. The lowest BCUT2D eigenvalue weighted by Gasteiger charge is -2.23. The summed E-state index contributed by atoms with van der Waals surface area (Å²) in [5.74, 6) is 0.571. The minimum Gasteiger partial charge on any atom is -0.399 e. The first-order valence-corrected chi connectivity index (χ1v) is 7.22. The van der Waals surface area contributed by atoms with E-state index in [1.54, 1.807) is 0 Å². The Kier molecular flexibility index (Phi) is 4.32. The Labute approximate surface area is 120 Å². The highest BCUT2D eigenvalue weighted by molar-refractivity contribution is 5.98. The molecule has 4 heteroatoms. The number of rotatable bonds is 5. The number of fused-ring (bicyclic) bond motifs is 1. The van der Waals surface area contributed by atoms with Crippen molar-refractivity contribution in [2.45, 2.75) is 27.2 Å². The summed E-state index contributed by atoms with van der Waals surface area (Å²) in [5, 5.41) is 0.980. The number of nitrogens with one attached hydrogen (secondary N) is 1. The number of aromatic nitrogens is 1. The zero-order valence-electron chi connectivity index (χ0n) is 12.4. The number of nitrogens with two attached hydrogens (primary N) is 1. The Morgan fingerprint density at radius 3 is 2.75 bits per heavy atom. The van der Waals surface area contributed by atoms with Gasteiger partial charge in [0.05, 0.1) is 0 Å². The Balaban J connectivity index is 2.25. The molecule has 1 aromatic carbocycles. The van der Waals surface area contributed by atoms with Gasteiger partial charge in [-0.15, -0.1) is 0 Å². The van der Waals surface area contributed by atoms with Gasteiger partial charge in [0.1, 0.15) is 5.69 Å². The first-order valence-electron chi connectivity index (χ1n) is 7.22. The van der Waals surface area contributed by atoms with Crippen LogP contribution < -0.4 is 5.73 Å². The number of aromatic amines is 1. The van der Waals surface area contributed by atoms with E-state index in [0.717, 1.165) is 30.4 Å². The number of carbonyl (C=O) groups excluding carboxylic acids is 1. The minimum atomic E-state index is 0.0579. The maximum atomic E-state index is 12.5. The molecule has 1 heterocycles. The highest BCUT2D eigenvalue weighted by Crippen LogP contribution is 2.19. The van der Waals surface area contributed by atoms with Gasteiger partial charge < -0.3 is 15.6 Å². The standard InChI is InChI=1S/C16H23N3O/c1-4-11(3)10-19(5-2)16(20)15-9-12-8-13(17)6-7-14(12)18-15/h6-9,11,18H,4-5,10,17H2,1-3H3. The van der Waals surface area contributed by atoms with Crippen molar-refractivity contribution in [2.75, 3.05) is 18.8 Å². The second-order valence-electron chi connectivity index (χ2n) is 5.39. The van der Waals surface area contributed by atoms with Crippen molar-refractivity contribution < 1.29 is 4.79 Å². The molecule has 0 saturated carbocycles. The SMILES string of the molecule is CCC(C)CN(CC)C(=O)c1cc2cc(N)ccc2[nH]1. The molecule has 2 rings (SSSR count). The van der Waals surface area contributed by atoms with Gasteiger partial charge in [-0.25, -0.2) is 0 Å². The lowest BCUT2D eigenvalue weighted by molar-refractivity contribution is 0.0736. The number of hydrogen-bond donors (Lipinski definition) is 2. The van der Waals surface area contributed by atoms with Crippen LogP contribution in [0.2, 0.25) is 0 Å². The third kappa shape index (κ3) is 2.95. The Bertz CT molecular complexity index is 603. The number of nitrogens with zero attached hydrogens (tertiary/aromatic N) is 1.